The fourth-order valence-electron chi connectivity index (χ4n) is 1.19. The minimum absolute atomic E-state index is 0.0475. The first-order valence-corrected chi connectivity index (χ1v) is 7.50. The van der Waals surface area contributed by atoms with Crippen LogP contribution in [0.15, 0.2) is 17.4 Å². The number of aromatic nitrogens is 4. The van der Waals surface area contributed by atoms with Crippen molar-refractivity contribution in [2.24, 2.45) is 0 Å². The molecule has 9 heteroatoms. The molecule has 0 saturated heterocycles. The second kappa shape index (κ2) is 4.04. The summed E-state index contributed by atoms with van der Waals surface area (Å²) in [6.07, 6.45) is 1.26. The third kappa shape index (κ3) is 1.87. The average molecular weight is 370 g/mol. The summed E-state index contributed by atoms with van der Waals surface area (Å²) >= 11 is 5.96. The largest absolute Gasteiger partial charge is 0.253 e. The monoisotopic (exact) mass is 368 g/mol. The Morgan fingerprint density at radius 1 is 1.44 bits per heavy atom. The van der Waals surface area contributed by atoms with Gasteiger partial charge in [0, 0.05) is 5.69 Å². The summed E-state index contributed by atoms with van der Waals surface area (Å²) in [6, 6.07) is 1.45. The Labute approximate surface area is 108 Å². The van der Waals surface area contributed by atoms with Gasteiger partial charge in [0.05, 0.1) is 0 Å². The van der Waals surface area contributed by atoms with Crippen molar-refractivity contribution in [1.29, 1.82) is 0 Å². The van der Waals surface area contributed by atoms with Gasteiger partial charge in [0.15, 0.2) is 8.09 Å². The van der Waals surface area contributed by atoms with Crippen molar-refractivity contribution < 1.29 is 8.42 Å². The highest BCUT2D eigenvalue weighted by Crippen LogP contribution is 2.24. The molecule has 0 atom stereocenters. The number of sulfone groups is 1. The lowest BCUT2D eigenvalue weighted by molar-refractivity contribution is 0.590. The fourth-order valence-corrected chi connectivity index (χ4v) is 3.23. The number of rotatable bonds is 2. The van der Waals surface area contributed by atoms with E-state index in [1.54, 1.807) is 6.92 Å². The number of hydrogen-bond donors (Lipinski definition) is 0. The highest BCUT2D eigenvalue weighted by Gasteiger charge is 2.26. The standard InChI is InChI=1S/C7H6Br2N4O2S/c1-4-2-5(16(14,15)6(8)9)13-7(12-4)10-3-11-13/h2-3,6H,1H3. The van der Waals surface area contributed by atoms with E-state index in [4.69, 9.17) is 0 Å². The smallest absolute Gasteiger partial charge is 0.220 e. The van der Waals surface area contributed by atoms with Crippen molar-refractivity contribution >= 4 is 47.5 Å². The molecule has 0 spiro atoms. The van der Waals surface area contributed by atoms with Gasteiger partial charge in [-0.25, -0.2) is 13.4 Å². The van der Waals surface area contributed by atoms with Crippen molar-refractivity contribution in [2.45, 2.75) is 15.0 Å². The molecule has 0 fully saturated rings. The lowest BCUT2D eigenvalue weighted by Gasteiger charge is -2.07. The molecule has 16 heavy (non-hydrogen) atoms. The third-order valence-electron chi connectivity index (χ3n) is 1.87. The number of fused-ring (bicyclic) bond motifs is 1. The second-order valence-electron chi connectivity index (χ2n) is 3.01. The van der Waals surface area contributed by atoms with Gasteiger partial charge in [-0.05, 0) is 13.0 Å². The number of halogens is 2. The third-order valence-corrected chi connectivity index (χ3v) is 6.17. The lowest BCUT2D eigenvalue weighted by Crippen LogP contribution is -2.14. The Kier molecular flexibility index (Phi) is 3.01. The van der Waals surface area contributed by atoms with Gasteiger partial charge in [-0.3, -0.25) is 0 Å². The van der Waals surface area contributed by atoms with Crippen LogP contribution in [0.5, 0.6) is 0 Å². The van der Waals surface area contributed by atoms with Crippen LogP contribution >= 0.6 is 31.9 Å². The van der Waals surface area contributed by atoms with Crippen LogP contribution in [0.3, 0.4) is 0 Å². The van der Waals surface area contributed by atoms with Crippen molar-refractivity contribution in [1.82, 2.24) is 19.6 Å². The molecule has 0 aliphatic carbocycles. The maximum absolute atomic E-state index is 12.0. The summed E-state index contributed by atoms with van der Waals surface area (Å²) in [5, 5.41) is 3.88. The normalized spacial score (nSPS) is 12.5. The van der Waals surface area contributed by atoms with Crippen LogP contribution in [0, 0.1) is 6.92 Å². The number of alkyl halides is 2. The van der Waals surface area contributed by atoms with E-state index in [2.05, 4.69) is 46.9 Å². The van der Waals surface area contributed by atoms with Crippen LogP contribution in [-0.4, -0.2) is 31.1 Å². The molecular formula is C7H6Br2N4O2S. The van der Waals surface area contributed by atoms with Gasteiger partial charge in [-0.2, -0.15) is 14.6 Å². The lowest BCUT2D eigenvalue weighted by atomic mass is 10.5. The van der Waals surface area contributed by atoms with Crippen LogP contribution < -0.4 is 0 Å². The van der Waals surface area contributed by atoms with Crippen LogP contribution in [-0.2, 0) is 9.84 Å². The van der Waals surface area contributed by atoms with E-state index >= 15 is 0 Å². The van der Waals surface area contributed by atoms with Crippen LogP contribution in [0.2, 0.25) is 0 Å². The predicted octanol–water partition coefficient (Wildman–Crippen LogP) is 1.28. The van der Waals surface area contributed by atoms with Crippen LogP contribution in [0.4, 0.5) is 0 Å². The van der Waals surface area contributed by atoms with Gasteiger partial charge in [0.2, 0.25) is 9.84 Å². The van der Waals surface area contributed by atoms with Crippen LogP contribution in [0.25, 0.3) is 5.78 Å². The molecule has 0 aromatic carbocycles. The van der Waals surface area contributed by atoms with Gasteiger partial charge in [0.1, 0.15) is 6.33 Å². The first kappa shape index (κ1) is 11.9. The molecule has 86 valence electrons. The Balaban J connectivity index is 2.83. The molecule has 2 aromatic heterocycles. The molecule has 0 aliphatic rings. The van der Waals surface area contributed by atoms with Crippen molar-refractivity contribution in [2.75, 3.05) is 0 Å². The molecule has 0 unspecified atom stereocenters. The first-order chi connectivity index (χ1) is 7.43. The Morgan fingerprint density at radius 3 is 2.75 bits per heavy atom. The maximum atomic E-state index is 12.0. The first-order valence-electron chi connectivity index (χ1n) is 4.12. The van der Waals surface area contributed by atoms with Gasteiger partial charge in [-0.15, -0.1) is 0 Å². The van der Waals surface area contributed by atoms with E-state index in [0.717, 1.165) is 0 Å². The highest BCUT2D eigenvalue weighted by molar-refractivity contribution is 9.27. The molecule has 6 nitrogen and oxygen atoms in total. The van der Waals surface area contributed by atoms with Gasteiger partial charge >= 0.3 is 0 Å². The van der Waals surface area contributed by atoms with Gasteiger partial charge in [-0.1, -0.05) is 31.9 Å². The molecule has 0 amide bonds. The molecule has 2 aromatic rings. The molecule has 0 N–H and O–H groups in total. The number of hydrogen-bond acceptors (Lipinski definition) is 5. The van der Waals surface area contributed by atoms with E-state index in [1.165, 1.54) is 16.9 Å². The summed E-state index contributed by atoms with van der Waals surface area (Å²) in [5.41, 5.74) is 0.569. The predicted molar refractivity (Wildman–Crippen MR) is 64.3 cm³/mol. The van der Waals surface area contributed by atoms with E-state index < -0.39 is 12.9 Å². The fraction of sp³-hybridized carbons (Fsp3) is 0.286. The summed E-state index contributed by atoms with van der Waals surface area (Å²) in [6.45, 7) is 1.70. The van der Waals surface area contributed by atoms with E-state index in [1.807, 2.05) is 0 Å². The molecule has 2 rings (SSSR count). The van der Waals surface area contributed by atoms with E-state index in [9.17, 15) is 8.42 Å². The Morgan fingerprint density at radius 2 is 2.12 bits per heavy atom. The zero-order chi connectivity index (χ0) is 11.9. The SMILES string of the molecule is Cc1cc(S(=O)(=O)C(Br)Br)n2ncnc2n1. The van der Waals surface area contributed by atoms with Crippen LogP contribution in [0.1, 0.15) is 5.69 Å². The second-order valence-corrected chi connectivity index (χ2v) is 9.27. The number of aryl methyl sites for hydroxylation is 1. The quantitative estimate of drug-likeness (QED) is 0.588. The average Bonchev–Trinajstić information content (AvgIpc) is 2.63. The van der Waals surface area contributed by atoms with Gasteiger partial charge in [0.25, 0.3) is 5.78 Å². The minimum Gasteiger partial charge on any atom is -0.220 e. The van der Waals surface area contributed by atoms with Gasteiger partial charge < -0.3 is 0 Å². The van der Waals surface area contributed by atoms with Crippen molar-refractivity contribution in [3.05, 3.63) is 18.1 Å². The summed E-state index contributed by atoms with van der Waals surface area (Å²) in [7, 11) is -3.54. The van der Waals surface area contributed by atoms with E-state index in [0.29, 0.717) is 5.69 Å². The zero-order valence-electron chi connectivity index (χ0n) is 8.00. The molecule has 0 bridgehead atoms. The van der Waals surface area contributed by atoms with E-state index in [-0.39, 0.29) is 10.8 Å². The summed E-state index contributed by atoms with van der Waals surface area (Å²) in [4.78, 5) is 7.92. The highest BCUT2D eigenvalue weighted by atomic mass is 79.9. The number of nitrogens with zero attached hydrogens (tertiary/aromatic N) is 4. The Bertz CT molecular complexity index is 637. The Hall–Kier alpha value is -0.540. The van der Waals surface area contributed by atoms with Crippen molar-refractivity contribution in [3.8, 4) is 0 Å². The molecular weight excluding hydrogens is 364 g/mol. The molecule has 0 radical (unpaired) electrons. The topological polar surface area (TPSA) is 77.2 Å². The zero-order valence-corrected chi connectivity index (χ0v) is 12.0. The summed E-state index contributed by atoms with van der Waals surface area (Å²) in [5.74, 6) is 0.263. The summed E-state index contributed by atoms with van der Waals surface area (Å²) < 4.78 is 24.3. The maximum Gasteiger partial charge on any atom is 0.253 e. The minimum atomic E-state index is -3.54. The van der Waals surface area contributed by atoms with Crippen molar-refractivity contribution in [3.63, 3.8) is 0 Å². The molecule has 0 aliphatic heterocycles. The molecule has 2 heterocycles. The molecule has 0 saturated carbocycles.